The van der Waals surface area contributed by atoms with Crippen LogP contribution in [-0.4, -0.2) is 49.4 Å². The van der Waals surface area contributed by atoms with Crippen molar-refractivity contribution >= 4 is 20.3 Å². The Hall–Kier alpha value is -6.94. The summed E-state index contributed by atoms with van der Waals surface area (Å²) < 4.78 is 26.1. The fourth-order valence-electron chi connectivity index (χ4n) is 9.46. The van der Waals surface area contributed by atoms with Gasteiger partial charge in [0, 0.05) is 29.1 Å². The zero-order chi connectivity index (χ0) is 51.1. The lowest BCUT2D eigenvalue weighted by Crippen LogP contribution is -2.57. The maximum absolute atomic E-state index is 15.0. The molecule has 13 heteroatoms. The summed E-state index contributed by atoms with van der Waals surface area (Å²) in [5.41, 5.74) is 16.6. The first-order valence-electron chi connectivity index (χ1n) is 24.3. The van der Waals surface area contributed by atoms with Crippen LogP contribution in [0, 0.1) is 23.2 Å². The van der Waals surface area contributed by atoms with E-state index >= 15 is 0 Å². The highest BCUT2D eigenvalue weighted by atomic mass is 31.2. The summed E-state index contributed by atoms with van der Waals surface area (Å²) >= 11 is 0. The van der Waals surface area contributed by atoms with Crippen LogP contribution in [0.5, 0.6) is 11.5 Å². The molecule has 1 aliphatic rings. The lowest BCUT2D eigenvalue weighted by molar-refractivity contribution is 0.0893. The molecule has 0 bridgehead atoms. The average Bonchev–Trinajstić information content (AvgIpc) is 3.41. The van der Waals surface area contributed by atoms with Gasteiger partial charge in [-0.15, -0.1) is 0 Å². The van der Waals surface area contributed by atoms with Gasteiger partial charge in [-0.05, 0) is 109 Å². The van der Waals surface area contributed by atoms with Crippen LogP contribution in [0.25, 0.3) is 0 Å². The van der Waals surface area contributed by atoms with Gasteiger partial charge in [-0.1, -0.05) is 146 Å². The van der Waals surface area contributed by atoms with Gasteiger partial charge < -0.3 is 18.5 Å². The number of nitrogens with zero attached hydrogens (tertiary/aromatic N) is 2. The third kappa shape index (κ3) is 12.0. The van der Waals surface area contributed by atoms with Gasteiger partial charge in [0.15, 0.2) is 0 Å². The molecule has 4 unspecified atom stereocenters. The Labute approximate surface area is 426 Å². The molecule has 72 heavy (non-hydrogen) atoms. The third-order valence-electron chi connectivity index (χ3n) is 12.9. The summed E-state index contributed by atoms with van der Waals surface area (Å²) in [5, 5.41) is 9.37. The van der Waals surface area contributed by atoms with Crippen LogP contribution in [0.2, 0.25) is 0 Å². The largest absolute Gasteiger partial charge is 0.497 e. The monoisotopic (exact) mass is 984 g/mol. The van der Waals surface area contributed by atoms with E-state index in [1.54, 1.807) is 32.4 Å². The predicted molar refractivity (Wildman–Crippen MR) is 285 cm³/mol. The zero-order valence-corrected chi connectivity index (χ0v) is 42.9. The standard InChI is InChI=1S/C59H65N6O6P/c1-42(2)65(43(3)4)72(70-37-19-36-60)71-41-45-38-46(56(66)61-63-58(48-21-11-8-12-22-48,49-23-13-9-14-24-49)51-28-32-53(68-6)33-29-51)40-47(39-45)57(67)62-64-59(50-25-15-10-16-26-50,55-27-18-17-20-44(55)5)52-30-34-54(69-7)35-31-52/h8-18,20-35,38-40,42-44,55,63-64H,19,37,41H2,1-7H3,(H,61,66)(H,62,67). The van der Waals surface area contributed by atoms with Gasteiger partial charge in [-0.2, -0.15) is 5.26 Å². The fraction of sp³-hybridized carbons (Fsp3) is 0.271. The number of nitriles is 1. The van der Waals surface area contributed by atoms with Gasteiger partial charge >= 0.3 is 0 Å². The first-order valence-corrected chi connectivity index (χ1v) is 25.4. The number of carbonyl (C=O) groups excluding carboxylic acids is 2. The number of hydrazine groups is 2. The van der Waals surface area contributed by atoms with E-state index in [-0.39, 0.29) is 54.7 Å². The first-order chi connectivity index (χ1) is 34.9. The SMILES string of the molecule is COc1ccc(C(NNC(=O)c2cc(COP(OCCC#N)N(C(C)C)C(C)C)cc(C(=O)NNC(c3ccccc3)(c3ccc(OC)cc3)C3C=CC=CC3C)c2)(c2ccccc2)c2ccccc2)cc1. The van der Waals surface area contributed by atoms with E-state index in [1.807, 2.05) is 140 Å². The van der Waals surface area contributed by atoms with Crippen molar-refractivity contribution in [3.8, 4) is 17.6 Å². The van der Waals surface area contributed by atoms with Crippen LogP contribution in [0.1, 0.15) is 95.1 Å². The summed E-state index contributed by atoms with van der Waals surface area (Å²) in [7, 11) is 1.60. The van der Waals surface area contributed by atoms with Gasteiger partial charge in [-0.3, -0.25) is 20.4 Å². The van der Waals surface area contributed by atoms with Gasteiger partial charge in [0.1, 0.15) is 17.0 Å². The Morgan fingerprint density at radius 3 is 1.57 bits per heavy atom. The average molecular weight is 985 g/mol. The van der Waals surface area contributed by atoms with Crippen LogP contribution in [0.4, 0.5) is 0 Å². The minimum absolute atomic E-state index is 0.00318. The van der Waals surface area contributed by atoms with E-state index in [0.717, 1.165) is 27.8 Å². The number of benzene rings is 6. The lowest BCUT2D eigenvalue weighted by Gasteiger charge is -2.44. The van der Waals surface area contributed by atoms with E-state index in [9.17, 15) is 14.9 Å². The summed E-state index contributed by atoms with van der Waals surface area (Å²) in [4.78, 5) is 29.9. The number of hydrogen-bond acceptors (Lipinski definition) is 10. The summed E-state index contributed by atoms with van der Waals surface area (Å²) in [6.07, 6.45) is 8.61. The molecule has 12 nitrogen and oxygen atoms in total. The van der Waals surface area contributed by atoms with Crippen molar-refractivity contribution in [2.24, 2.45) is 11.8 Å². The van der Waals surface area contributed by atoms with Crippen LogP contribution < -0.4 is 31.2 Å². The van der Waals surface area contributed by atoms with E-state index in [0.29, 0.717) is 17.1 Å². The number of rotatable bonds is 23. The molecule has 0 spiro atoms. The quantitative estimate of drug-likeness (QED) is 0.0212. The van der Waals surface area contributed by atoms with Gasteiger partial charge in [0.05, 0.1) is 45.5 Å². The Balaban J connectivity index is 1.30. The Morgan fingerprint density at radius 1 is 0.625 bits per heavy atom. The molecule has 1 aliphatic carbocycles. The summed E-state index contributed by atoms with van der Waals surface area (Å²) in [5.74, 6) is 0.323. The van der Waals surface area contributed by atoms with E-state index < -0.39 is 31.4 Å². The first kappa shape index (κ1) is 52.9. The molecule has 0 heterocycles. The molecular weight excluding hydrogens is 920 g/mol. The molecule has 4 atom stereocenters. The van der Waals surface area contributed by atoms with Crippen molar-refractivity contribution in [1.82, 2.24) is 26.4 Å². The van der Waals surface area contributed by atoms with E-state index in [2.05, 4.69) is 91.3 Å². The van der Waals surface area contributed by atoms with Gasteiger partial charge in [-0.25, -0.2) is 15.5 Å². The molecular formula is C59H65N6O6P. The second-order valence-electron chi connectivity index (χ2n) is 18.2. The van der Waals surface area contributed by atoms with Crippen LogP contribution in [-0.2, 0) is 26.7 Å². The van der Waals surface area contributed by atoms with Crippen molar-refractivity contribution < 1.29 is 28.1 Å². The Kier molecular flexibility index (Phi) is 18.3. The summed E-state index contributed by atoms with van der Waals surface area (Å²) in [6.45, 7) is 10.6. The van der Waals surface area contributed by atoms with E-state index in [4.69, 9.17) is 18.5 Å². The van der Waals surface area contributed by atoms with Crippen molar-refractivity contribution in [2.75, 3.05) is 20.8 Å². The van der Waals surface area contributed by atoms with Crippen molar-refractivity contribution in [3.05, 3.63) is 227 Å². The van der Waals surface area contributed by atoms with Crippen LogP contribution in [0.15, 0.2) is 182 Å². The molecule has 372 valence electrons. The summed E-state index contributed by atoms with van der Waals surface area (Å²) in [6, 6.07) is 52.8. The Morgan fingerprint density at radius 2 is 1.08 bits per heavy atom. The lowest BCUT2D eigenvalue weighted by atomic mass is 9.67. The molecule has 0 saturated heterocycles. The second kappa shape index (κ2) is 24.9. The molecule has 7 rings (SSSR count). The highest BCUT2D eigenvalue weighted by molar-refractivity contribution is 7.44. The van der Waals surface area contributed by atoms with Crippen molar-refractivity contribution in [1.29, 1.82) is 5.26 Å². The maximum atomic E-state index is 15.0. The number of amides is 2. The van der Waals surface area contributed by atoms with E-state index in [1.165, 1.54) is 0 Å². The minimum Gasteiger partial charge on any atom is -0.497 e. The number of methoxy groups -OCH3 is 2. The molecule has 0 saturated carbocycles. The second-order valence-corrected chi connectivity index (χ2v) is 19.6. The molecule has 0 aromatic heterocycles. The zero-order valence-electron chi connectivity index (χ0n) is 42.0. The topological polar surface area (TPSA) is 146 Å². The Bertz CT molecular complexity index is 2760. The number of ether oxygens (including phenoxy) is 2. The molecule has 0 radical (unpaired) electrons. The highest BCUT2D eigenvalue weighted by Gasteiger charge is 2.44. The number of hydrogen-bond donors (Lipinski definition) is 4. The molecule has 6 aromatic carbocycles. The highest BCUT2D eigenvalue weighted by Crippen LogP contribution is 2.47. The normalized spacial score (nSPS) is 15.7. The number of nitrogens with one attached hydrogen (secondary N) is 4. The third-order valence-corrected chi connectivity index (χ3v) is 14.9. The minimum atomic E-state index is -1.65. The van der Waals surface area contributed by atoms with Crippen molar-refractivity contribution in [2.45, 2.75) is 70.8 Å². The van der Waals surface area contributed by atoms with Crippen molar-refractivity contribution in [3.63, 3.8) is 0 Å². The van der Waals surface area contributed by atoms with Gasteiger partial charge in [0.2, 0.25) is 0 Å². The number of carbonyl (C=O) groups is 2. The molecule has 0 fully saturated rings. The molecule has 6 aromatic rings. The number of allylic oxidation sites excluding steroid dienone is 3. The van der Waals surface area contributed by atoms with Crippen LogP contribution in [0.3, 0.4) is 0 Å². The van der Waals surface area contributed by atoms with Crippen LogP contribution >= 0.6 is 8.53 Å². The smallest absolute Gasteiger partial charge is 0.265 e. The molecule has 4 N–H and O–H groups in total. The molecule has 2 amide bonds. The van der Waals surface area contributed by atoms with Gasteiger partial charge in [0.25, 0.3) is 20.3 Å². The predicted octanol–water partition coefficient (Wildman–Crippen LogP) is 11.3. The maximum Gasteiger partial charge on any atom is 0.265 e. The molecule has 0 aliphatic heterocycles. The fourth-order valence-corrected chi connectivity index (χ4v) is 11.1.